The van der Waals surface area contributed by atoms with Crippen LogP contribution >= 0.6 is 0 Å². The molecular weight excluding hydrogens is 263 g/mol. The van der Waals surface area contributed by atoms with Gasteiger partial charge in [0, 0.05) is 5.39 Å². The monoisotopic (exact) mass is 276 g/mol. The van der Waals surface area contributed by atoms with Crippen LogP contribution in [0.2, 0.25) is 0 Å². The Kier molecular flexibility index (Phi) is 9.15. The summed E-state index contributed by atoms with van der Waals surface area (Å²) < 4.78 is 31.0. The third kappa shape index (κ3) is 4.51. The molecule has 4 nitrogen and oxygen atoms in total. The van der Waals surface area contributed by atoms with E-state index >= 15 is 0 Å². The Hall–Kier alpha value is -0.720. The minimum Gasteiger partial charge on any atom is -0.358 e. The number of carbonyl (C=O) groups excluding carboxylic acids is 1. The molecular formula is C12H13NaO4S. The summed E-state index contributed by atoms with van der Waals surface area (Å²) >= 11 is 0. The second-order valence-electron chi connectivity index (χ2n) is 2.95. The first kappa shape index (κ1) is 19.6. The van der Waals surface area contributed by atoms with Crippen molar-refractivity contribution in [2.45, 2.75) is 4.90 Å². The summed E-state index contributed by atoms with van der Waals surface area (Å²) in [7, 11) is -4.13. The first-order chi connectivity index (χ1) is 7.59. The molecule has 0 fully saturated rings. The summed E-state index contributed by atoms with van der Waals surface area (Å²) in [5.74, 6) is 0. The first-order valence-corrected chi connectivity index (χ1v) is 5.77. The topological polar surface area (TPSA) is 71.4 Å². The van der Waals surface area contributed by atoms with Crippen LogP contribution in [0.25, 0.3) is 10.8 Å². The maximum atomic E-state index is 11.0. The maximum absolute atomic E-state index is 11.0. The molecule has 0 saturated carbocycles. The number of hydrogen-bond donors (Lipinski definition) is 1. The average molecular weight is 276 g/mol. The van der Waals surface area contributed by atoms with Gasteiger partial charge in [0.25, 0.3) is 10.1 Å². The van der Waals surface area contributed by atoms with E-state index in [9.17, 15) is 8.42 Å². The Morgan fingerprint density at radius 2 is 1.44 bits per heavy atom. The Labute approximate surface area is 129 Å². The molecule has 0 bridgehead atoms. The molecule has 1 N–H and O–H groups in total. The van der Waals surface area contributed by atoms with Crippen LogP contribution < -0.4 is 29.6 Å². The van der Waals surface area contributed by atoms with E-state index in [1.54, 1.807) is 30.3 Å². The molecule has 18 heavy (non-hydrogen) atoms. The number of benzene rings is 2. The Balaban J connectivity index is 0. The molecule has 0 aliphatic carbocycles. The van der Waals surface area contributed by atoms with Crippen molar-refractivity contribution < 1.29 is 47.3 Å². The Morgan fingerprint density at radius 3 is 2.00 bits per heavy atom. The second kappa shape index (κ2) is 8.39. The minimum absolute atomic E-state index is 0. The minimum atomic E-state index is -4.13. The third-order valence-corrected chi connectivity index (χ3v) is 2.94. The van der Waals surface area contributed by atoms with Crippen LogP contribution in [0.3, 0.4) is 0 Å². The molecule has 0 radical (unpaired) electrons. The van der Waals surface area contributed by atoms with Crippen LogP contribution in [0.5, 0.6) is 0 Å². The zero-order valence-corrected chi connectivity index (χ0v) is 13.1. The zero-order chi connectivity index (χ0) is 12.2. The number of hydrogen-bond acceptors (Lipinski definition) is 3. The molecule has 0 unspecified atom stereocenters. The first-order valence-electron chi connectivity index (χ1n) is 4.33. The van der Waals surface area contributed by atoms with Crippen LogP contribution in [0.15, 0.2) is 47.4 Å². The van der Waals surface area contributed by atoms with Crippen molar-refractivity contribution in [2.24, 2.45) is 0 Å². The van der Waals surface area contributed by atoms with Gasteiger partial charge in [-0.2, -0.15) is 8.42 Å². The van der Waals surface area contributed by atoms with E-state index in [1.807, 2.05) is 12.9 Å². The van der Waals surface area contributed by atoms with Gasteiger partial charge in [0.1, 0.15) is 11.7 Å². The largest absolute Gasteiger partial charge is 1.00 e. The molecule has 0 spiro atoms. The van der Waals surface area contributed by atoms with Crippen LogP contribution in [0, 0.1) is 7.43 Å². The maximum Gasteiger partial charge on any atom is 1.00 e. The fraction of sp³-hybridized carbons (Fsp3) is 0. The second-order valence-corrected chi connectivity index (χ2v) is 4.34. The molecule has 2 aromatic carbocycles. The van der Waals surface area contributed by atoms with Crippen LogP contribution in [0.1, 0.15) is 0 Å². The molecule has 0 amide bonds. The molecule has 0 aromatic heterocycles. The summed E-state index contributed by atoms with van der Waals surface area (Å²) in [6, 6.07) is 11.8. The van der Waals surface area contributed by atoms with Gasteiger partial charge in [-0.3, -0.25) is 4.55 Å². The summed E-state index contributed by atoms with van der Waals surface area (Å²) in [4.78, 5) is 7.95. The van der Waals surface area contributed by atoms with E-state index in [2.05, 4.69) is 0 Å². The van der Waals surface area contributed by atoms with Crippen LogP contribution in [0.4, 0.5) is 0 Å². The van der Waals surface area contributed by atoms with Gasteiger partial charge >= 0.3 is 29.6 Å². The predicted molar refractivity (Wildman–Crippen MR) is 67.3 cm³/mol. The van der Waals surface area contributed by atoms with Crippen molar-refractivity contribution in [3.05, 3.63) is 49.9 Å². The molecule has 0 aliphatic heterocycles. The van der Waals surface area contributed by atoms with E-state index < -0.39 is 10.1 Å². The molecule has 0 aliphatic rings. The van der Waals surface area contributed by atoms with E-state index in [0.717, 1.165) is 5.39 Å². The molecule has 0 heterocycles. The summed E-state index contributed by atoms with van der Waals surface area (Å²) in [5.41, 5.74) is 0. The molecule has 92 valence electrons. The normalized spacial score (nSPS) is 9.39. The van der Waals surface area contributed by atoms with Crippen molar-refractivity contribution in [2.75, 3.05) is 0 Å². The van der Waals surface area contributed by atoms with Crippen LogP contribution in [-0.2, 0) is 14.9 Å². The van der Waals surface area contributed by atoms with Crippen molar-refractivity contribution >= 4 is 27.7 Å². The van der Waals surface area contributed by atoms with Gasteiger partial charge in [-0.25, -0.2) is 0 Å². The molecule has 2 aromatic rings. The smallest absolute Gasteiger partial charge is 0.358 e. The van der Waals surface area contributed by atoms with Gasteiger partial charge < -0.3 is 12.2 Å². The summed E-state index contributed by atoms with van der Waals surface area (Å²) in [6.45, 7) is 2.00. The van der Waals surface area contributed by atoms with Gasteiger partial charge in [-0.1, -0.05) is 36.4 Å². The Morgan fingerprint density at radius 1 is 0.944 bits per heavy atom. The Bertz CT molecular complexity index is 591. The van der Waals surface area contributed by atoms with Gasteiger partial charge in [0.15, 0.2) is 0 Å². The summed E-state index contributed by atoms with van der Waals surface area (Å²) in [5, 5.41) is 1.33. The third-order valence-electron chi connectivity index (χ3n) is 2.03. The fourth-order valence-electron chi connectivity index (χ4n) is 1.42. The molecule has 0 saturated heterocycles. The number of carbonyl (C=O) groups is 1. The van der Waals surface area contributed by atoms with E-state index in [0.29, 0.717) is 5.39 Å². The quantitative estimate of drug-likeness (QED) is 0.427. The standard InChI is InChI=1S/C10H8O3S.CH2O.CH3.Na/c11-14(12,13)10-7-3-5-8-4-1-2-6-9(8)10;1-2;;/h1-7H,(H,11,12,13);1H2;1H3;/q;;-1;+1. The summed E-state index contributed by atoms with van der Waals surface area (Å²) in [6.07, 6.45) is 0. The van der Waals surface area contributed by atoms with Gasteiger partial charge in [-0.05, 0) is 11.5 Å². The molecule has 6 heteroatoms. The van der Waals surface area contributed by atoms with Gasteiger partial charge in [0.05, 0.1) is 0 Å². The zero-order valence-electron chi connectivity index (χ0n) is 10.3. The number of fused-ring (bicyclic) bond motifs is 1. The fourth-order valence-corrected chi connectivity index (χ4v) is 2.13. The molecule has 2 rings (SSSR count). The van der Waals surface area contributed by atoms with E-state index in [-0.39, 0.29) is 41.9 Å². The predicted octanol–water partition coefficient (Wildman–Crippen LogP) is -0.644. The van der Waals surface area contributed by atoms with E-state index in [4.69, 9.17) is 9.35 Å². The van der Waals surface area contributed by atoms with Crippen LogP contribution in [-0.4, -0.2) is 19.8 Å². The number of rotatable bonds is 1. The average Bonchev–Trinajstić information content (AvgIpc) is 2.30. The van der Waals surface area contributed by atoms with Crippen molar-refractivity contribution in [1.29, 1.82) is 0 Å². The molecule has 0 atom stereocenters. The van der Waals surface area contributed by atoms with Crippen molar-refractivity contribution in [3.63, 3.8) is 0 Å². The van der Waals surface area contributed by atoms with Gasteiger partial charge in [-0.15, -0.1) is 0 Å². The van der Waals surface area contributed by atoms with E-state index in [1.165, 1.54) is 6.07 Å². The van der Waals surface area contributed by atoms with Crippen molar-refractivity contribution in [1.82, 2.24) is 0 Å². The van der Waals surface area contributed by atoms with Crippen molar-refractivity contribution in [3.8, 4) is 0 Å². The SMILES string of the molecule is C=O.O=S(=O)(O)c1cccc2ccccc12.[CH3-].[Na+]. The van der Waals surface area contributed by atoms with Gasteiger partial charge in [0.2, 0.25) is 0 Å².